The Morgan fingerprint density at radius 3 is 2.54 bits per heavy atom. The summed E-state index contributed by atoms with van der Waals surface area (Å²) in [7, 11) is 0. The summed E-state index contributed by atoms with van der Waals surface area (Å²) in [6.07, 6.45) is 5.55. The first-order valence-electron chi connectivity index (χ1n) is 8.28. The summed E-state index contributed by atoms with van der Waals surface area (Å²) in [6, 6.07) is 3.85. The number of carbonyl (C=O) groups excluding carboxylic acids is 1. The van der Waals surface area contributed by atoms with Gasteiger partial charge in [0.05, 0.1) is 17.7 Å². The second-order valence-electron chi connectivity index (χ2n) is 6.62. The van der Waals surface area contributed by atoms with E-state index in [9.17, 15) is 9.90 Å². The van der Waals surface area contributed by atoms with Crippen LogP contribution in [0.1, 0.15) is 35.4 Å². The number of aromatic nitrogens is 2. The molecule has 0 atom stereocenters. The Morgan fingerprint density at radius 2 is 1.96 bits per heavy atom. The molecule has 128 valence electrons. The predicted molar refractivity (Wildman–Crippen MR) is 88.4 cm³/mol. The third-order valence-electron chi connectivity index (χ3n) is 4.84. The molecule has 0 unspecified atom stereocenters. The van der Waals surface area contributed by atoms with Crippen molar-refractivity contribution >= 4 is 5.91 Å². The predicted octanol–water partition coefficient (Wildman–Crippen LogP) is 1.83. The number of rotatable bonds is 4. The zero-order valence-electron chi connectivity index (χ0n) is 14.2. The van der Waals surface area contributed by atoms with Crippen molar-refractivity contribution < 1.29 is 14.4 Å². The van der Waals surface area contributed by atoms with E-state index in [1.807, 2.05) is 30.9 Å². The zero-order chi connectivity index (χ0) is 17.2. The smallest absolute Gasteiger partial charge is 0.227 e. The Morgan fingerprint density at radius 1 is 1.29 bits per heavy atom. The van der Waals surface area contributed by atoms with Crippen LogP contribution in [0.2, 0.25) is 0 Å². The number of nitrogens with zero attached hydrogens (tertiary/aromatic N) is 3. The van der Waals surface area contributed by atoms with E-state index in [1.54, 1.807) is 12.4 Å². The summed E-state index contributed by atoms with van der Waals surface area (Å²) in [5, 5.41) is 14.7. The average molecular weight is 329 g/mol. The SMILES string of the molecule is Cc1noc(C)c1CC(=O)N1CCC(O)(Cc2ccncc2)CC1. The van der Waals surface area contributed by atoms with Crippen LogP contribution in [-0.2, 0) is 17.6 Å². The third kappa shape index (κ3) is 3.64. The second kappa shape index (κ2) is 6.73. The lowest BCUT2D eigenvalue weighted by Gasteiger charge is -2.38. The van der Waals surface area contributed by atoms with E-state index >= 15 is 0 Å². The molecule has 0 spiro atoms. The average Bonchev–Trinajstić information content (AvgIpc) is 2.88. The van der Waals surface area contributed by atoms with Crippen molar-refractivity contribution in [2.75, 3.05) is 13.1 Å². The summed E-state index contributed by atoms with van der Waals surface area (Å²) in [5.74, 6) is 0.766. The van der Waals surface area contributed by atoms with Crippen LogP contribution in [-0.4, -0.2) is 44.7 Å². The molecule has 0 bridgehead atoms. The lowest BCUT2D eigenvalue weighted by atomic mass is 9.85. The van der Waals surface area contributed by atoms with Crippen LogP contribution in [0, 0.1) is 13.8 Å². The molecule has 0 radical (unpaired) electrons. The third-order valence-corrected chi connectivity index (χ3v) is 4.84. The van der Waals surface area contributed by atoms with Crippen molar-refractivity contribution in [2.45, 2.75) is 45.1 Å². The molecule has 24 heavy (non-hydrogen) atoms. The molecule has 1 amide bonds. The molecule has 0 aliphatic carbocycles. The molecule has 1 aliphatic heterocycles. The van der Waals surface area contributed by atoms with Crippen LogP contribution in [0.3, 0.4) is 0 Å². The molecule has 1 N–H and O–H groups in total. The Balaban J connectivity index is 1.57. The number of aryl methyl sites for hydroxylation is 2. The van der Waals surface area contributed by atoms with Gasteiger partial charge in [-0.05, 0) is 44.4 Å². The first-order valence-corrected chi connectivity index (χ1v) is 8.28. The standard InChI is InChI=1S/C18H23N3O3/c1-13-16(14(2)24-20-13)11-17(22)21-9-5-18(23,6-10-21)12-15-3-7-19-8-4-15/h3-4,7-8,23H,5-6,9-12H2,1-2H3. The maximum Gasteiger partial charge on any atom is 0.227 e. The molecule has 1 aliphatic rings. The minimum atomic E-state index is -0.749. The number of carbonyl (C=O) groups is 1. The number of hydrogen-bond acceptors (Lipinski definition) is 5. The number of piperidine rings is 1. The summed E-state index contributed by atoms with van der Waals surface area (Å²) in [4.78, 5) is 18.3. The van der Waals surface area contributed by atoms with Gasteiger partial charge in [0.15, 0.2) is 0 Å². The molecule has 3 heterocycles. The first-order chi connectivity index (χ1) is 11.5. The van der Waals surface area contributed by atoms with Crippen molar-refractivity contribution in [3.8, 4) is 0 Å². The molecule has 2 aromatic rings. The lowest BCUT2D eigenvalue weighted by molar-refractivity contribution is -0.134. The van der Waals surface area contributed by atoms with Crippen molar-refractivity contribution in [2.24, 2.45) is 0 Å². The molecule has 0 saturated carbocycles. The topological polar surface area (TPSA) is 79.5 Å². The fraction of sp³-hybridized carbons (Fsp3) is 0.500. The van der Waals surface area contributed by atoms with Crippen molar-refractivity contribution in [3.63, 3.8) is 0 Å². The van der Waals surface area contributed by atoms with Crippen LogP contribution >= 0.6 is 0 Å². The zero-order valence-corrected chi connectivity index (χ0v) is 14.2. The molecule has 3 rings (SSSR count). The Bertz CT molecular complexity index is 684. The van der Waals surface area contributed by atoms with Gasteiger partial charge >= 0.3 is 0 Å². The van der Waals surface area contributed by atoms with E-state index in [1.165, 1.54) is 0 Å². The largest absolute Gasteiger partial charge is 0.389 e. The highest BCUT2D eigenvalue weighted by Crippen LogP contribution is 2.27. The van der Waals surface area contributed by atoms with Crippen LogP contribution in [0.4, 0.5) is 0 Å². The fourth-order valence-corrected chi connectivity index (χ4v) is 3.25. The van der Waals surface area contributed by atoms with Crippen LogP contribution in [0.15, 0.2) is 29.0 Å². The van der Waals surface area contributed by atoms with Gasteiger partial charge in [-0.25, -0.2) is 0 Å². The maximum absolute atomic E-state index is 12.5. The number of pyridine rings is 1. The van der Waals surface area contributed by atoms with Gasteiger partial charge in [-0.1, -0.05) is 5.16 Å². The van der Waals surface area contributed by atoms with Gasteiger partial charge in [0.1, 0.15) is 5.76 Å². The normalized spacial score (nSPS) is 17.0. The number of hydrogen-bond donors (Lipinski definition) is 1. The van der Waals surface area contributed by atoms with E-state index in [-0.39, 0.29) is 5.91 Å². The van der Waals surface area contributed by atoms with Gasteiger partial charge in [0.25, 0.3) is 0 Å². The Labute approximate surface area is 141 Å². The van der Waals surface area contributed by atoms with E-state index in [2.05, 4.69) is 10.1 Å². The maximum atomic E-state index is 12.5. The lowest BCUT2D eigenvalue weighted by Crippen LogP contribution is -2.48. The summed E-state index contributed by atoms with van der Waals surface area (Å²) in [6.45, 7) is 4.82. The van der Waals surface area contributed by atoms with Gasteiger partial charge in [-0.15, -0.1) is 0 Å². The molecule has 0 aromatic carbocycles. The monoisotopic (exact) mass is 329 g/mol. The van der Waals surface area contributed by atoms with E-state index in [4.69, 9.17) is 4.52 Å². The fourth-order valence-electron chi connectivity index (χ4n) is 3.25. The van der Waals surface area contributed by atoms with Gasteiger partial charge in [0.2, 0.25) is 5.91 Å². The van der Waals surface area contributed by atoms with E-state index in [0.29, 0.717) is 44.5 Å². The second-order valence-corrected chi connectivity index (χ2v) is 6.62. The minimum absolute atomic E-state index is 0.0651. The van der Waals surface area contributed by atoms with Gasteiger partial charge in [-0.3, -0.25) is 9.78 Å². The minimum Gasteiger partial charge on any atom is -0.389 e. The number of aliphatic hydroxyl groups is 1. The highest BCUT2D eigenvalue weighted by atomic mass is 16.5. The Kier molecular flexibility index (Phi) is 4.66. The molecule has 6 nitrogen and oxygen atoms in total. The van der Waals surface area contributed by atoms with E-state index in [0.717, 1.165) is 16.8 Å². The van der Waals surface area contributed by atoms with Crippen molar-refractivity contribution in [1.82, 2.24) is 15.0 Å². The highest BCUT2D eigenvalue weighted by Gasteiger charge is 2.34. The van der Waals surface area contributed by atoms with Crippen molar-refractivity contribution in [1.29, 1.82) is 0 Å². The van der Waals surface area contributed by atoms with Crippen LogP contribution in [0.25, 0.3) is 0 Å². The van der Waals surface area contributed by atoms with Gasteiger partial charge in [-0.2, -0.15) is 0 Å². The van der Waals surface area contributed by atoms with Crippen molar-refractivity contribution in [3.05, 3.63) is 47.1 Å². The molecule has 2 aromatic heterocycles. The quantitative estimate of drug-likeness (QED) is 0.925. The Hall–Kier alpha value is -2.21. The molecular weight excluding hydrogens is 306 g/mol. The number of likely N-dealkylation sites (tertiary alicyclic amines) is 1. The molecular formula is C18H23N3O3. The highest BCUT2D eigenvalue weighted by molar-refractivity contribution is 5.79. The summed E-state index contributed by atoms with van der Waals surface area (Å²) >= 11 is 0. The number of amides is 1. The van der Waals surface area contributed by atoms with Crippen LogP contribution < -0.4 is 0 Å². The molecule has 1 saturated heterocycles. The molecule has 1 fully saturated rings. The van der Waals surface area contributed by atoms with Crippen LogP contribution in [0.5, 0.6) is 0 Å². The van der Waals surface area contributed by atoms with Gasteiger partial charge in [0, 0.05) is 37.5 Å². The van der Waals surface area contributed by atoms with E-state index < -0.39 is 5.60 Å². The molecule has 6 heteroatoms. The first kappa shape index (κ1) is 16.6. The summed E-state index contributed by atoms with van der Waals surface area (Å²) < 4.78 is 5.12. The summed E-state index contributed by atoms with van der Waals surface area (Å²) in [5.41, 5.74) is 1.97. The van der Waals surface area contributed by atoms with Gasteiger partial charge < -0.3 is 14.5 Å².